The molecule has 19 unspecified atom stereocenters. The van der Waals surface area contributed by atoms with Crippen LogP contribution in [0.25, 0.3) is 0 Å². The van der Waals surface area contributed by atoms with E-state index < -0.39 is 23.7 Å². The van der Waals surface area contributed by atoms with Crippen molar-refractivity contribution >= 4 is 0 Å². The maximum atomic E-state index is 16.3. The summed E-state index contributed by atoms with van der Waals surface area (Å²) in [5.41, 5.74) is 16.1. The summed E-state index contributed by atoms with van der Waals surface area (Å²) < 4.78 is 84.1. The predicted octanol–water partition coefficient (Wildman–Crippen LogP) is 23.1. The SMILES string of the molecule is C=CC1=CCC(OC2=CCC(C3(C4CC(C)=CC=C4C)C4=C(C=CCC4)C4=C3CC(N(C3=CC5C(C=C3)OC3C=CC(N(C6=CC=C(F)C(F)C6)C6C=CC7C8C=CCCC8C(C8=C(C)CCC(C)=C8)(C8C=CC(OC9=CCC(C=C)C=C9)=CC8)C7C6)=CC35)C3CCC(F)=C(F)C3)C=C4)C=C2)C=C1. The Hall–Kier alpha value is -8.14. The average Bonchev–Trinajstić information content (AvgIpc) is 1.58. The van der Waals surface area contributed by atoms with Crippen LogP contribution in [0.3, 0.4) is 0 Å². The third-order valence-electron chi connectivity index (χ3n) is 27.0. The van der Waals surface area contributed by atoms with Gasteiger partial charge in [0, 0.05) is 71.5 Å². The molecule has 0 bridgehead atoms. The van der Waals surface area contributed by atoms with Crippen LogP contribution in [-0.4, -0.2) is 52.4 Å². The molecule has 5 nitrogen and oxygen atoms in total. The highest BCUT2D eigenvalue weighted by Gasteiger charge is 2.64. The first-order chi connectivity index (χ1) is 50.2. The van der Waals surface area contributed by atoms with Crippen molar-refractivity contribution in [2.24, 2.45) is 70.0 Å². The molecule has 0 N–H and O–H groups in total. The third kappa shape index (κ3) is 11.9. The topological polar surface area (TPSA) is 34.2 Å². The van der Waals surface area contributed by atoms with Crippen LogP contribution in [0.15, 0.2) is 321 Å². The Morgan fingerprint density at radius 2 is 1.35 bits per heavy atom. The molecule has 19 atom stereocenters. The van der Waals surface area contributed by atoms with Gasteiger partial charge in [-0.05, 0) is 253 Å². The molecular formula is C94H100F4N2O3. The molecule has 0 spiro atoms. The Morgan fingerprint density at radius 1 is 0.583 bits per heavy atom. The number of rotatable bonds is 16. The van der Waals surface area contributed by atoms with Crippen LogP contribution in [0, 0.1) is 70.0 Å². The molecule has 17 rings (SSSR count). The summed E-state index contributed by atoms with van der Waals surface area (Å²) in [6.07, 6.45) is 84.6. The van der Waals surface area contributed by atoms with Crippen LogP contribution >= 0.6 is 0 Å². The molecule has 17 aliphatic rings. The number of halogens is 4. The van der Waals surface area contributed by atoms with E-state index in [0.29, 0.717) is 24.2 Å². The number of nitrogens with zero attached hydrogens (tertiary/aromatic N) is 2. The van der Waals surface area contributed by atoms with E-state index in [1.54, 1.807) is 0 Å². The minimum atomic E-state index is -1.76. The van der Waals surface area contributed by atoms with Gasteiger partial charge in [-0.3, -0.25) is 0 Å². The Labute approximate surface area is 608 Å². The summed E-state index contributed by atoms with van der Waals surface area (Å²) in [5, 5.41) is 0. The maximum absolute atomic E-state index is 16.3. The van der Waals surface area contributed by atoms with Gasteiger partial charge in [-0.15, -0.1) is 6.58 Å². The zero-order valence-corrected chi connectivity index (χ0v) is 60.4. The summed E-state index contributed by atoms with van der Waals surface area (Å²) >= 11 is 0. The maximum Gasteiger partial charge on any atom is 0.157 e. The molecule has 103 heavy (non-hydrogen) atoms. The van der Waals surface area contributed by atoms with E-state index in [2.05, 4.69) is 227 Å². The second-order valence-electron chi connectivity index (χ2n) is 32.5. The second-order valence-corrected chi connectivity index (χ2v) is 32.5. The lowest BCUT2D eigenvalue weighted by Crippen LogP contribution is -2.47. The number of ether oxygens (including phenoxy) is 3. The molecule has 9 heteroatoms. The summed E-state index contributed by atoms with van der Waals surface area (Å²) in [6.45, 7) is 17.3. The predicted molar refractivity (Wildman–Crippen MR) is 408 cm³/mol. The Kier molecular flexibility index (Phi) is 18.3. The molecule has 1 saturated heterocycles. The highest BCUT2D eigenvalue weighted by molar-refractivity contribution is 5.67. The Bertz CT molecular complexity index is 4410. The van der Waals surface area contributed by atoms with Gasteiger partial charge in [-0.1, -0.05) is 168 Å². The van der Waals surface area contributed by atoms with E-state index in [1.807, 2.05) is 18.2 Å². The van der Waals surface area contributed by atoms with Gasteiger partial charge >= 0.3 is 0 Å². The molecule has 0 aromatic heterocycles. The summed E-state index contributed by atoms with van der Waals surface area (Å²) in [7, 11) is 0. The van der Waals surface area contributed by atoms with Crippen molar-refractivity contribution in [2.45, 2.75) is 179 Å². The van der Waals surface area contributed by atoms with E-state index in [0.717, 1.165) is 123 Å². The average molecular weight is 1380 g/mol. The Balaban J connectivity index is 0.717. The molecular weight excluding hydrogens is 1280 g/mol. The van der Waals surface area contributed by atoms with Crippen LogP contribution in [0.2, 0.25) is 0 Å². The van der Waals surface area contributed by atoms with E-state index in [9.17, 15) is 0 Å². The fourth-order valence-electron chi connectivity index (χ4n) is 22.3. The van der Waals surface area contributed by atoms with Crippen molar-refractivity contribution in [3.8, 4) is 0 Å². The van der Waals surface area contributed by atoms with Gasteiger partial charge in [-0.25, -0.2) is 17.6 Å². The lowest BCUT2D eigenvalue weighted by molar-refractivity contribution is 0.0796. The first kappa shape index (κ1) is 68.0. The molecule has 1 saturated carbocycles. The fraction of sp³-hybridized carbons (Fsp3) is 0.426. The first-order valence-corrected chi connectivity index (χ1v) is 39.0. The second kappa shape index (κ2) is 27.7. The van der Waals surface area contributed by atoms with Crippen molar-refractivity contribution < 1.29 is 31.8 Å². The van der Waals surface area contributed by atoms with Crippen LogP contribution < -0.4 is 0 Å². The van der Waals surface area contributed by atoms with Crippen molar-refractivity contribution in [2.75, 3.05) is 0 Å². The molecule has 1 heterocycles. The molecule has 0 radical (unpaired) electrons. The van der Waals surface area contributed by atoms with Crippen LogP contribution in [0.1, 0.15) is 137 Å². The summed E-state index contributed by atoms with van der Waals surface area (Å²) in [5.74, 6) is 2.51. The summed E-state index contributed by atoms with van der Waals surface area (Å²) in [6, 6.07) is -0.657. The third-order valence-corrected chi connectivity index (χ3v) is 27.0. The lowest BCUT2D eigenvalue weighted by atomic mass is 9.53. The number of allylic oxidation sites excluding steroid dienone is 37. The number of hydrogen-bond acceptors (Lipinski definition) is 5. The standard InChI is InChI=1S/C94H100F4N2O3/c1-7-61-21-35-71(36-22-61)101-73-39-25-63(26-40-73)93(83-49-57(3)17-19-59(83)5)81-15-11-9-13-75(81)77-43-29-67(53-85(77)93)99(69-31-45-87(95)89(97)55-69)65-33-47-91-79(51-65)80-52-66(34-48-92(80)103-91)100(70-32-46-88(96)90(98)56-70)68-30-44-78-76-14-10-12-16-82(76)94(86(78)54-68,84-50-58(4)18-20-60(84)6)64-27-41-74(42-28-64)102-72-37-23-62(8-2)24-38-72/h7-10,13-14,17,19,21-23,25,27,29-30,32-35,37-44,46-48,50-52,62-64,67-69,71,76,78-80,82-83,86,90-92H,1-2,11-12,15-16,18,20,24,26,28,31,36,45,49,53-56H2,3-6H3. The highest BCUT2D eigenvalue weighted by Crippen LogP contribution is 2.71. The van der Waals surface area contributed by atoms with Crippen molar-refractivity contribution in [3.63, 3.8) is 0 Å². The largest absolute Gasteiger partial charge is 0.486 e. The molecule has 0 aromatic rings. The first-order valence-electron chi connectivity index (χ1n) is 39.0. The van der Waals surface area contributed by atoms with E-state index >= 15 is 17.6 Å². The van der Waals surface area contributed by atoms with Gasteiger partial charge in [-0.2, -0.15) is 0 Å². The van der Waals surface area contributed by atoms with Gasteiger partial charge in [0.2, 0.25) is 0 Å². The Morgan fingerprint density at radius 3 is 2.10 bits per heavy atom. The van der Waals surface area contributed by atoms with E-state index in [-0.39, 0.29) is 108 Å². The quantitative estimate of drug-likeness (QED) is 0.114. The van der Waals surface area contributed by atoms with Gasteiger partial charge < -0.3 is 24.0 Å². The number of alkyl halides is 1. The van der Waals surface area contributed by atoms with Gasteiger partial charge in [0.25, 0.3) is 0 Å². The smallest absolute Gasteiger partial charge is 0.157 e. The lowest BCUT2D eigenvalue weighted by Gasteiger charge is -2.52. The van der Waals surface area contributed by atoms with Gasteiger partial charge in [0.1, 0.15) is 40.9 Å². The van der Waals surface area contributed by atoms with Crippen LogP contribution in [0.5, 0.6) is 0 Å². The number of hydrogen-bond donors (Lipinski definition) is 0. The minimum absolute atomic E-state index is 0.0126. The molecule has 0 amide bonds. The van der Waals surface area contributed by atoms with Crippen molar-refractivity contribution in [3.05, 3.63) is 321 Å². The molecule has 0 aromatic carbocycles. The van der Waals surface area contributed by atoms with Gasteiger partial charge in [0.15, 0.2) is 6.17 Å². The highest BCUT2D eigenvalue weighted by atomic mass is 19.2. The van der Waals surface area contributed by atoms with Gasteiger partial charge in [0.05, 0.1) is 24.3 Å². The summed E-state index contributed by atoms with van der Waals surface area (Å²) in [4.78, 5) is 4.86. The molecule has 1 aliphatic heterocycles. The molecule has 16 aliphatic carbocycles. The molecule has 532 valence electrons. The zero-order chi connectivity index (χ0) is 70.4. The van der Waals surface area contributed by atoms with Crippen molar-refractivity contribution in [1.82, 2.24) is 9.80 Å². The normalized spacial score (nSPS) is 38.1. The monoisotopic (exact) mass is 1380 g/mol. The van der Waals surface area contributed by atoms with E-state index in [1.165, 1.54) is 56.2 Å². The fourth-order valence-corrected chi connectivity index (χ4v) is 22.3. The van der Waals surface area contributed by atoms with E-state index in [4.69, 9.17) is 14.2 Å². The minimum Gasteiger partial charge on any atom is -0.486 e. The molecule has 2 fully saturated rings. The van der Waals surface area contributed by atoms with Crippen LogP contribution in [-0.2, 0) is 14.2 Å². The number of fused-ring (bicyclic) bond motifs is 7. The van der Waals surface area contributed by atoms with Crippen molar-refractivity contribution in [1.29, 1.82) is 0 Å². The zero-order valence-electron chi connectivity index (χ0n) is 60.4. The van der Waals surface area contributed by atoms with Crippen LogP contribution in [0.4, 0.5) is 17.6 Å².